The van der Waals surface area contributed by atoms with E-state index in [4.69, 9.17) is 0 Å². The van der Waals surface area contributed by atoms with Crippen LogP contribution in [0.3, 0.4) is 0 Å². The van der Waals surface area contributed by atoms with Crippen molar-refractivity contribution in [2.45, 2.75) is 32.1 Å². The number of piperidine rings is 1. The van der Waals surface area contributed by atoms with Gasteiger partial charge in [-0.3, -0.25) is 14.4 Å². The van der Waals surface area contributed by atoms with Crippen molar-refractivity contribution in [2.24, 2.45) is 13.0 Å². The molecule has 4 heterocycles. The van der Waals surface area contributed by atoms with E-state index in [2.05, 4.69) is 5.32 Å². The predicted octanol–water partition coefficient (Wildman–Crippen LogP) is 2.22. The largest absolute Gasteiger partial charge is 0.356 e. The van der Waals surface area contributed by atoms with Crippen LogP contribution in [0, 0.1) is 5.92 Å². The summed E-state index contributed by atoms with van der Waals surface area (Å²) in [7, 11) is 1.93. The Morgan fingerprint density at radius 3 is 2.72 bits per heavy atom. The maximum absolute atomic E-state index is 12.9. The molecular formula is C21H28N4O3S. The zero-order chi connectivity index (χ0) is 20.4. The Bertz CT molecular complexity index is 910. The lowest BCUT2D eigenvalue weighted by Crippen LogP contribution is -2.43. The summed E-state index contributed by atoms with van der Waals surface area (Å²) in [6, 6.07) is 4.00. The van der Waals surface area contributed by atoms with Crippen LogP contribution < -0.4 is 5.32 Å². The summed E-state index contributed by atoms with van der Waals surface area (Å²) in [4.78, 5) is 40.7. The van der Waals surface area contributed by atoms with E-state index in [0.29, 0.717) is 44.6 Å². The molecule has 8 heteroatoms. The molecule has 4 rings (SSSR count). The number of likely N-dealkylation sites (tertiary alicyclic amines) is 2. The molecule has 2 aliphatic rings. The summed E-state index contributed by atoms with van der Waals surface area (Å²) < 4.78 is 3.08. The first-order valence-electron chi connectivity index (χ1n) is 10.4. The molecule has 29 heavy (non-hydrogen) atoms. The van der Waals surface area contributed by atoms with Crippen molar-refractivity contribution >= 4 is 39.3 Å². The molecule has 0 atom stereocenters. The highest BCUT2D eigenvalue weighted by atomic mass is 32.1. The SMILES string of the molecule is Cn1c(C(=O)N2CCC(C(=O)NCCCN3CCCC3=O)CC2)cc2sccc21. The molecule has 0 unspecified atom stereocenters. The molecule has 2 aliphatic heterocycles. The van der Waals surface area contributed by atoms with Crippen LogP contribution in [0.25, 0.3) is 10.2 Å². The van der Waals surface area contributed by atoms with Crippen molar-refractivity contribution in [3.63, 3.8) is 0 Å². The maximum Gasteiger partial charge on any atom is 0.270 e. The third-order valence-corrected chi connectivity index (χ3v) is 6.96. The number of nitrogens with zero attached hydrogens (tertiary/aromatic N) is 3. The standard InChI is InChI=1S/C21H28N4O3S/c1-23-16-7-13-29-18(16)14-17(23)21(28)25-11-5-15(6-12-25)20(27)22-8-3-10-24-9-2-4-19(24)26/h7,13-15H,2-6,8-12H2,1H3,(H,22,27). The van der Waals surface area contributed by atoms with Crippen molar-refractivity contribution in [2.75, 3.05) is 32.7 Å². The Morgan fingerprint density at radius 1 is 1.24 bits per heavy atom. The predicted molar refractivity (Wildman–Crippen MR) is 113 cm³/mol. The van der Waals surface area contributed by atoms with Gasteiger partial charge in [-0.2, -0.15) is 0 Å². The molecule has 156 valence electrons. The molecule has 2 fully saturated rings. The highest BCUT2D eigenvalue weighted by molar-refractivity contribution is 7.17. The third kappa shape index (κ3) is 4.17. The molecule has 0 bridgehead atoms. The third-order valence-electron chi connectivity index (χ3n) is 6.11. The van der Waals surface area contributed by atoms with Gasteiger partial charge in [0.2, 0.25) is 11.8 Å². The Morgan fingerprint density at radius 2 is 2.03 bits per heavy atom. The first-order valence-corrected chi connectivity index (χ1v) is 11.3. The molecule has 0 spiro atoms. The number of nitrogens with one attached hydrogen (secondary N) is 1. The number of rotatable bonds is 6. The van der Waals surface area contributed by atoms with Crippen LogP contribution in [-0.2, 0) is 16.6 Å². The van der Waals surface area contributed by atoms with Crippen LogP contribution >= 0.6 is 11.3 Å². The van der Waals surface area contributed by atoms with Crippen molar-refractivity contribution < 1.29 is 14.4 Å². The number of carbonyl (C=O) groups excluding carboxylic acids is 3. The van der Waals surface area contributed by atoms with Gasteiger partial charge in [-0.1, -0.05) is 0 Å². The van der Waals surface area contributed by atoms with Gasteiger partial charge in [0.05, 0.1) is 10.2 Å². The lowest BCUT2D eigenvalue weighted by atomic mass is 9.95. The molecule has 0 aromatic carbocycles. The van der Waals surface area contributed by atoms with Crippen molar-refractivity contribution in [1.29, 1.82) is 0 Å². The Balaban J connectivity index is 1.22. The van der Waals surface area contributed by atoms with Gasteiger partial charge in [0.1, 0.15) is 5.69 Å². The second-order valence-corrected chi connectivity index (χ2v) is 8.90. The van der Waals surface area contributed by atoms with Gasteiger partial charge in [-0.05, 0) is 43.2 Å². The smallest absolute Gasteiger partial charge is 0.270 e. The minimum absolute atomic E-state index is 0.0376. The van der Waals surface area contributed by atoms with Crippen LogP contribution in [0.4, 0.5) is 0 Å². The van der Waals surface area contributed by atoms with Crippen LogP contribution in [-0.4, -0.2) is 64.8 Å². The molecule has 2 saturated heterocycles. The monoisotopic (exact) mass is 416 g/mol. The van der Waals surface area contributed by atoms with Gasteiger partial charge >= 0.3 is 0 Å². The van der Waals surface area contributed by atoms with Gasteiger partial charge in [0, 0.05) is 52.1 Å². The normalized spacial score (nSPS) is 18.0. The van der Waals surface area contributed by atoms with Crippen LogP contribution in [0.2, 0.25) is 0 Å². The minimum Gasteiger partial charge on any atom is -0.356 e. The van der Waals surface area contributed by atoms with E-state index in [1.165, 1.54) is 0 Å². The van der Waals surface area contributed by atoms with Gasteiger partial charge in [-0.15, -0.1) is 11.3 Å². The average molecular weight is 417 g/mol. The van der Waals surface area contributed by atoms with Crippen molar-refractivity contribution in [3.8, 4) is 0 Å². The van der Waals surface area contributed by atoms with Crippen LogP contribution in [0.5, 0.6) is 0 Å². The number of hydrogen-bond acceptors (Lipinski definition) is 4. The summed E-state index contributed by atoms with van der Waals surface area (Å²) in [5, 5.41) is 5.04. The fourth-order valence-corrected chi connectivity index (χ4v) is 5.18. The second-order valence-electron chi connectivity index (χ2n) is 7.95. The fraction of sp³-hybridized carbons (Fsp3) is 0.571. The molecule has 2 aromatic rings. The highest BCUT2D eigenvalue weighted by Gasteiger charge is 2.29. The zero-order valence-corrected chi connectivity index (χ0v) is 17.7. The van der Waals surface area contributed by atoms with Gasteiger partial charge in [-0.25, -0.2) is 0 Å². The first-order chi connectivity index (χ1) is 14.0. The molecule has 0 radical (unpaired) electrons. The quantitative estimate of drug-likeness (QED) is 0.734. The van der Waals surface area contributed by atoms with Crippen molar-refractivity contribution in [1.82, 2.24) is 19.7 Å². The van der Waals surface area contributed by atoms with E-state index >= 15 is 0 Å². The van der Waals surface area contributed by atoms with E-state index in [1.54, 1.807) is 11.3 Å². The Labute approximate surface area is 174 Å². The lowest BCUT2D eigenvalue weighted by molar-refractivity contribution is -0.127. The zero-order valence-electron chi connectivity index (χ0n) is 16.9. The van der Waals surface area contributed by atoms with Gasteiger partial charge in [0.25, 0.3) is 5.91 Å². The number of aryl methyl sites for hydroxylation is 1. The molecule has 7 nitrogen and oxygen atoms in total. The van der Waals surface area contributed by atoms with E-state index in [9.17, 15) is 14.4 Å². The van der Waals surface area contributed by atoms with E-state index in [-0.39, 0.29) is 23.6 Å². The molecule has 0 saturated carbocycles. The number of fused-ring (bicyclic) bond motifs is 1. The van der Waals surface area contributed by atoms with E-state index in [0.717, 1.165) is 36.1 Å². The number of thiophene rings is 1. The van der Waals surface area contributed by atoms with E-state index < -0.39 is 0 Å². The summed E-state index contributed by atoms with van der Waals surface area (Å²) >= 11 is 1.64. The average Bonchev–Trinajstić information content (AvgIpc) is 3.43. The molecule has 0 aliphatic carbocycles. The second kappa shape index (κ2) is 8.57. The molecule has 3 amide bonds. The number of aromatic nitrogens is 1. The minimum atomic E-state index is -0.0376. The van der Waals surface area contributed by atoms with E-state index in [1.807, 2.05) is 38.9 Å². The number of carbonyl (C=O) groups is 3. The van der Waals surface area contributed by atoms with Gasteiger partial charge < -0.3 is 19.7 Å². The number of amides is 3. The summed E-state index contributed by atoms with van der Waals surface area (Å²) in [6.07, 6.45) is 3.79. The summed E-state index contributed by atoms with van der Waals surface area (Å²) in [6.45, 7) is 3.39. The van der Waals surface area contributed by atoms with Crippen LogP contribution in [0.15, 0.2) is 17.5 Å². The fourth-order valence-electron chi connectivity index (χ4n) is 4.33. The summed E-state index contributed by atoms with van der Waals surface area (Å²) in [5.74, 6) is 0.310. The van der Waals surface area contributed by atoms with Crippen LogP contribution in [0.1, 0.15) is 42.6 Å². The lowest BCUT2D eigenvalue weighted by Gasteiger charge is -2.31. The summed E-state index contributed by atoms with van der Waals surface area (Å²) in [5.41, 5.74) is 1.80. The first kappa shape index (κ1) is 19.9. The van der Waals surface area contributed by atoms with Gasteiger partial charge in [0.15, 0.2) is 0 Å². The molecular weight excluding hydrogens is 388 g/mol. The Kier molecular flexibility index (Phi) is 5.89. The topological polar surface area (TPSA) is 74.7 Å². The highest BCUT2D eigenvalue weighted by Crippen LogP contribution is 2.26. The molecule has 1 N–H and O–H groups in total. The maximum atomic E-state index is 12.9. The van der Waals surface area contributed by atoms with Crippen molar-refractivity contribution in [3.05, 3.63) is 23.2 Å². The number of hydrogen-bond donors (Lipinski definition) is 1. The Hall–Kier alpha value is -2.35. The molecule has 2 aromatic heterocycles.